The molecule has 0 N–H and O–H groups in total. The molecule has 2 aromatic carbocycles. The number of benzene rings is 2. The summed E-state index contributed by atoms with van der Waals surface area (Å²) in [4.78, 5) is 0. The lowest BCUT2D eigenvalue weighted by Crippen LogP contribution is -1.96. The van der Waals surface area contributed by atoms with Crippen LogP contribution >= 0.6 is 0 Å². The Balaban J connectivity index is 2.50. The summed E-state index contributed by atoms with van der Waals surface area (Å²) in [5.41, 5.74) is 9.22. The van der Waals surface area contributed by atoms with Crippen molar-refractivity contribution in [2.45, 2.75) is 60.3 Å². The van der Waals surface area contributed by atoms with Crippen molar-refractivity contribution in [1.29, 1.82) is 0 Å². The summed E-state index contributed by atoms with van der Waals surface area (Å²) in [5.74, 6) is 6.91. The smallest absolute Gasteiger partial charge is 0.0313 e. The van der Waals surface area contributed by atoms with Gasteiger partial charge in [-0.25, -0.2) is 0 Å². The van der Waals surface area contributed by atoms with Crippen molar-refractivity contribution in [2.24, 2.45) is 0 Å². The lowest BCUT2D eigenvalue weighted by Gasteiger charge is -2.09. The SMILES string of the molecule is CCc1cc(C#Cc2c(CC)cc(C)cc2CC)cc(CC)c1. The first-order valence-electron chi connectivity index (χ1n) is 8.88. The average Bonchev–Trinajstić information content (AvgIpc) is 2.59. The van der Waals surface area contributed by atoms with E-state index in [-0.39, 0.29) is 0 Å². The summed E-state index contributed by atoms with van der Waals surface area (Å²) in [6.45, 7) is 11.0. The predicted octanol–water partition coefficient (Wildman–Crippen LogP) is 5.64. The summed E-state index contributed by atoms with van der Waals surface area (Å²) >= 11 is 0. The molecule has 0 heterocycles. The Morgan fingerprint density at radius 3 is 1.61 bits per heavy atom. The zero-order valence-electron chi connectivity index (χ0n) is 15.2. The molecular formula is C23H28. The van der Waals surface area contributed by atoms with Gasteiger partial charge >= 0.3 is 0 Å². The lowest BCUT2D eigenvalue weighted by atomic mass is 9.95. The van der Waals surface area contributed by atoms with Crippen molar-refractivity contribution in [3.63, 3.8) is 0 Å². The molecule has 2 aromatic rings. The van der Waals surface area contributed by atoms with E-state index in [2.05, 4.69) is 76.8 Å². The average molecular weight is 304 g/mol. The van der Waals surface area contributed by atoms with Gasteiger partial charge in [-0.15, -0.1) is 0 Å². The Bertz CT molecular complexity index is 691. The second-order valence-electron chi connectivity index (χ2n) is 6.16. The monoisotopic (exact) mass is 304 g/mol. The molecule has 0 spiro atoms. The first-order chi connectivity index (χ1) is 11.1. The summed E-state index contributed by atoms with van der Waals surface area (Å²) in [5, 5.41) is 0. The number of rotatable bonds is 4. The minimum atomic E-state index is 1.04. The summed E-state index contributed by atoms with van der Waals surface area (Å²) in [7, 11) is 0. The molecule has 0 heteroatoms. The van der Waals surface area contributed by atoms with Gasteiger partial charge in [-0.05, 0) is 67.0 Å². The van der Waals surface area contributed by atoms with Gasteiger partial charge in [0.15, 0.2) is 0 Å². The van der Waals surface area contributed by atoms with Crippen molar-refractivity contribution >= 4 is 0 Å². The molecule has 0 aliphatic carbocycles. The fraction of sp³-hybridized carbons (Fsp3) is 0.391. The number of hydrogen-bond donors (Lipinski definition) is 0. The normalized spacial score (nSPS) is 10.3. The molecule has 23 heavy (non-hydrogen) atoms. The van der Waals surface area contributed by atoms with Crippen LogP contribution in [0.1, 0.15) is 66.6 Å². The Morgan fingerprint density at radius 2 is 1.17 bits per heavy atom. The van der Waals surface area contributed by atoms with E-state index in [9.17, 15) is 0 Å². The lowest BCUT2D eigenvalue weighted by molar-refractivity contribution is 1.06. The molecule has 0 nitrogen and oxygen atoms in total. The van der Waals surface area contributed by atoms with Gasteiger partial charge in [-0.3, -0.25) is 0 Å². The summed E-state index contributed by atoms with van der Waals surface area (Å²) in [6.07, 6.45) is 4.20. The second-order valence-corrected chi connectivity index (χ2v) is 6.16. The van der Waals surface area contributed by atoms with Crippen molar-refractivity contribution in [3.05, 3.63) is 69.3 Å². The Hall–Kier alpha value is -2.00. The molecule has 2 rings (SSSR count). The minimum Gasteiger partial charge on any atom is -0.0616 e. The highest BCUT2D eigenvalue weighted by Crippen LogP contribution is 2.19. The fourth-order valence-corrected chi connectivity index (χ4v) is 3.04. The van der Waals surface area contributed by atoms with Crippen LogP contribution in [0.15, 0.2) is 30.3 Å². The Morgan fingerprint density at radius 1 is 0.652 bits per heavy atom. The minimum absolute atomic E-state index is 1.04. The van der Waals surface area contributed by atoms with Gasteiger partial charge in [-0.2, -0.15) is 0 Å². The maximum atomic E-state index is 3.48. The van der Waals surface area contributed by atoms with Crippen molar-refractivity contribution in [2.75, 3.05) is 0 Å². The standard InChI is InChI=1S/C23H28/c1-6-18-14-19(7-2)16-20(15-18)10-11-23-21(8-3)12-17(5)13-22(23)9-4/h12-16H,6-9H2,1-5H3. The van der Waals surface area contributed by atoms with Crippen LogP contribution < -0.4 is 0 Å². The Kier molecular flexibility index (Phi) is 6.05. The molecule has 0 atom stereocenters. The maximum Gasteiger partial charge on any atom is 0.0313 e. The molecule has 0 fully saturated rings. The predicted molar refractivity (Wildman–Crippen MR) is 101 cm³/mol. The first-order valence-corrected chi connectivity index (χ1v) is 8.88. The molecule has 0 aromatic heterocycles. The van der Waals surface area contributed by atoms with E-state index < -0.39 is 0 Å². The first kappa shape index (κ1) is 17.4. The maximum absolute atomic E-state index is 3.48. The third kappa shape index (κ3) is 4.26. The van der Waals surface area contributed by atoms with Gasteiger partial charge in [0.25, 0.3) is 0 Å². The third-order valence-corrected chi connectivity index (χ3v) is 4.41. The van der Waals surface area contributed by atoms with Gasteiger partial charge in [0.2, 0.25) is 0 Å². The molecule has 0 unspecified atom stereocenters. The molecule has 0 aliphatic heterocycles. The molecule has 120 valence electrons. The summed E-state index contributed by atoms with van der Waals surface area (Å²) < 4.78 is 0. The third-order valence-electron chi connectivity index (χ3n) is 4.41. The van der Waals surface area contributed by atoms with E-state index in [1.807, 2.05) is 0 Å². The van der Waals surface area contributed by atoms with Gasteiger partial charge in [0.1, 0.15) is 0 Å². The van der Waals surface area contributed by atoms with Crippen LogP contribution in [0.3, 0.4) is 0 Å². The molecule has 0 aliphatic rings. The molecule has 0 radical (unpaired) electrons. The Labute approximate surface area is 142 Å². The highest BCUT2D eigenvalue weighted by Gasteiger charge is 2.05. The number of hydrogen-bond acceptors (Lipinski definition) is 0. The van der Waals surface area contributed by atoms with Crippen molar-refractivity contribution < 1.29 is 0 Å². The topological polar surface area (TPSA) is 0 Å². The van der Waals surface area contributed by atoms with Gasteiger partial charge < -0.3 is 0 Å². The zero-order chi connectivity index (χ0) is 16.8. The zero-order valence-corrected chi connectivity index (χ0v) is 15.2. The van der Waals surface area contributed by atoms with Crippen LogP contribution in [0.5, 0.6) is 0 Å². The fourth-order valence-electron chi connectivity index (χ4n) is 3.04. The van der Waals surface area contributed by atoms with Crippen LogP contribution in [0, 0.1) is 18.8 Å². The van der Waals surface area contributed by atoms with E-state index in [1.54, 1.807) is 0 Å². The van der Waals surface area contributed by atoms with Gasteiger partial charge in [0, 0.05) is 11.1 Å². The van der Waals surface area contributed by atoms with Crippen molar-refractivity contribution in [3.8, 4) is 11.8 Å². The molecule has 0 amide bonds. The highest BCUT2D eigenvalue weighted by molar-refractivity contribution is 5.53. The van der Waals surface area contributed by atoms with Crippen LogP contribution in [-0.2, 0) is 25.7 Å². The van der Waals surface area contributed by atoms with Crippen LogP contribution in [0.25, 0.3) is 0 Å². The largest absolute Gasteiger partial charge is 0.0616 e. The van der Waals surface area contributed by atoms with Crippen LogP contribution in [0.2, 0.25) is 0 Å². The van der Waals surface area contributed by atoms with E-state index in [0.29, 0.717) is 0 Å². The summed E-state index contributed by atoms with van der Waals surface area (Å²) in [6, 6.07) is 11.3. The molecule has 0 saturated carbocycles. The van der Waals surface area contributed by atoms with E-state index in [1.165, 1.54) is 33.4 Å². The molecular weight excluding hydrogens is 276 g/mol. The van der Waals surface area contributed by atoms with Crippen LogP contribution in [-0.4, -0.2) is 0 Å². The highest BCUT2D eigenvalue weighted by atomic mass is 14.1. The second kappa shape index (κ2) is 8.02. The van der Waals surface area contributed by atoms with E-state index >= 15 is 0 Å². The number of aryl methyl sites for hydroxylation is 5. The van der Waals surface area contributed by atoms with Crippen LogP contribution in [0.4, 0.5) is 0 Å². The van der Waals surface area contributed by atoms with Crippen molar-refractivity contribution in [1.82, 2.24) is 0 Å². The molecule has 0 bridgehead atoms. The van der Waals surface area contributed by atoms with E-state index in [0.717, 1.165) is 31.2 Å². The van der Waals surface area contributed by atoms with Gasteiger partial charge in [-0.1, -0.05) is 63.3 Å². The van der Waals surface area contributed by atoms with Gasteiger partial charge in [0.05, 0.1) is 0 Å². The quantitative estimate of drug-likeness (QED) is 0.641. The molecule has 0 saturated heterocycles. The van der Waals surface area contributed by atoms with E-state index in [4.69, 9.17) is 0 Å².